The molecule has 0 bridgehead atoms. The van der Waals surface area contributed by atoms with E-state index in [0.29, 0.717) is 30.2 Å². The zero-order chi connectivity index (χ0) is 22.4. The Kier molecular flexibility index (Phi) is 7.46. The summed E-state index contributed by atoms with van der Waals surface area (Å²) in [4.78, 5) is 27.7. The van der Waals surface area contributed by atoms with Gasteiger partial charge in [0, 0.05) is 17.6 Å². The van der Waals surface area contributed by atoms with Crippen LogP contribution in [-0.2, 0) is 4.79 Å². The third-order valence-electron chi connectivity index (χ3n) is 4.79. The van der Waals surface area contributed by atoms with Crippen molar-refractivity contribution in [2.75, 3.05) is 18.4 Å². The van der Waals surface area contributed by atoms with E-state index in [9.17, 15) is 9.59 Å². The van der Waals surface area contributed by atoms with Crippen LogP contribution in [0.25, 0.3) is 5.69 Å². The zero-order valence-corrected chi connectivity index (χ0v) is 19.3. The highest BCUT2D eigenvalue weighted by Crippen LogP contribution is 2.23. The van der Waals surface area contributed by atoms with Crippen molar-refractivity contribution in [2.45, 2.75) is 26.9 Å². The number of carbonyl (C=O) groups excluding carboxylic acids is 2. The average Bonchev–Trinajstić information content (AvgIpc) is 3.20. The van der Waals surface area contributed by atoms with Gasteiger partial charge in [-0.25, -0.2) is 4.68 Å². The lowest BCUT2D eigenvalue weighted by molar-refractivity contribution is -0.122. The number of nitrogens with zero attached hydrogens (tertiary/aromatic N) is 3. The molecule has 3 rings (SSSR count). The number of rotatable bonds is 8. The van der Waals surface area contributed by atoms with E-state index in [1.807, 2.05) is 56.3 Å². The van der Waals surface area contributed by atoms with E-state index in [4.69, 9.17) is 4.74 Å². The van der Waals surface area contributed by atoms with Crippen molar-refractivity contribution in [2.24, 2.45) is 0 Å². The Hall–Kier alpha value is -3.13. The molecule has 0 aliphatic rings. The maximum Gasteiger partial charge on any atom is 0.266 e. The molecule has 31 heavy (non-hydrogen) atoms. The van der Waals surface area contributed by atoms with Gasteiger partial charge in [-0.3, -0.25) is 9.59 Å². The van der Waals surface area contributed by atoms with Gasteiger partial charge >= 0.3 is 0 Å². The van der Waals surface area contributed by atoms with Crippen molar-refractivity contribution in [3.63, 3.8) is 0 Å². The van der Waals surface area contributed by atoms with Crippen molar-refractivity contribution in [3.8, 4) is 11.4 Å². The lowest BCUT2D eigenvalue weighted by Crippen LogP contribution is -2.34. The normalized spacial score (nSPS) is 11.6. The molecule has 3 aromatic rings. The number of benzene rings is 2. The number of amides is 2. The van der Waals surface area contributed by atoms with Crippen molar-refractivity contribution in [1.29, 1.82) is 0 Å². The first-order valence-electron chi connectivity index (χ1n) is 10.1. The molecular formula is C23H25BrN4O3. The largest absolute Gasteiger partial charge is 0.481 e. The predicted molar refractivity (Wildman–Crippen MR) is 124 cm³/mol. The van der Waals surface area contributed by atoms with Gasteiger partial charge in [-0.05, 0) is 57.2 Å². The molecule has 0 saturated carbocycles. The van der Waals surface area contributed by atoms with Crippen LogP contribution in [0, 0.1) is 0 Å². The van der Waals surface area contributed by atoms with E-state index in [2.05, 4.69) is 26.3 Å². The molecule has 0 aliphatic carbocycles. The highest BCUT2D eigenvalue weighted by molar-refractivity contribution is 9.10. The summed E-state index contributed by atoms with van der Waals surface area (Å²) in [5.74, 6) is 0.319. The summed E-state index contributed by atoms with van der Waals surface area (Å²) in [7, 11) is 0. The Morgan fingerprint density at radius 3 is 2.35 bits per heavy atom. The van der Waals surface area contributed by atoms with Gasteiger partial charge in [0.25, 0.3) is 11.8 Å². The zero-order valence-electron chi connectivity index (χ0n) is 17.7. The summed E-state index contributed by atoms with van der Waals surface area (Å²) in [6.45, 7) is 6.60. The number of halogens is 1. The van der Waals surface area contributed by atoms with Gasteiger partial charge in [0.15, 0.2) is 6.10 Å². The minimum absolute atomic E-state index is 0.191. The lowest BCUT2D eigenvalue weighted by atomic mass is 10.2. The molecule has 0 aliphatic heterocycles. The Morgan fingerprint density at radius 1 is 1.10 bits per heavy atom. The van der Waals surface area contributed by atoms with Crippen molar-refractivity contribution in [1.82, 2.24) is 14.7 Å². The minimum atomic E-state index is -0.781. The molecule has 162 valence electrons. The van der Waals surface area contributed by atoms with Crippen molar-refractivity contribution < 1.29 is 14.3 Å². The van der Waals surface area contributed by atoms with E-state index in [1.165, 1.54) is 6.20 Å². The predicted octanol–water partition coefficient (Wildman–Crippen LogP) is 4.52. The van der Waals surface area contributed by atoms with Crippen LogP contribution >= 0.6 is 15.9 Å². The van der Waals surface area contributed by atoms with Crippen LogP contribution in [0.2, 0.25) is 0 Å². The second-order valence-electron chi connectivity index (χ2n) is 6.83. The summed E-state index contributed by atoms with van der Waals surface area (Å²) in [5, 5.41) is 7.23. The van der Waals surface area contributed by atoms with Gasteiger partial charge < -0.3 is 15.0 Å². The molecule has 0 radical (unpaired) electrons. The monoisotopic (exact) mass is 484 g/mol. The first kappa shape index (κ1) is 22.6. The quantitative estimate of drug-likeness (QED) is 0.509. The van der Waals surface area contributed by atoms with Crippen LogP contribution < -0.4 is 10.1 Å². The summed E-state index contributed by atoms with van der Waals surface area (Å²) >= 11 is 3.38. The summed E-state index contributed by atoms with van der Waals surface area (Å²) < 4.78 is 8.23. The van der Waals surface area contributed by atoms with E-state index < -0.39 is 6.10 Å². The Morgan fingerprint density at radius 2 is 1.74 bits per heavy atom. The van der Waals surface area contributed by atoms with Crippen LogP contribution in [-0.4, -0.2) is 45.7 Å². The number of ether oxygens (including phenoxy) is 1. The van der Waals surface area contributed by atoms with Gasteiger partial charge in [0.05, 0.1) is 11.9 Å². The number of aromatic nitrogens is 2. The van der Waals surface area contributed by atoms with E-state index >= 15 is 0 Å². The molecule has 0 fully saturated rings. The van der Waals surface area contributed by atoms with E-state index in [1.54, 1.807) is 28.6 Å². The maximum atomic E-state index is 13.0. The number of para-hydroxylation sites is 1. The summed E-state index contributed by atoms with van der Waals surface area (Å²) in [6.07, 6.45) is 0.709. The van der Waals surface area contributed by atoms with E-state index in [-0.39, 0.29) is 11.8 Å². The molecule has 1 N–H and O–H groups in total. The molecule has 1 aromatic heterocycles. The standard InChI is InChI=1S/C23H25BrN4O3/c1-4-27(5-2)23(30)20-15-25-28(18-9-7-6-8-10-18)21(20)26-22(29)16(3)31-19-13-11-17(24)12-14-19/h6-16H,4-5H2,1-3H3,(H,26,29). The summed E-state index contributed by atoms with van der Waals surface area (Å²) in [6, 6.07) is 16.6. The average molecular weight is 485 g/mol. The number of hydrogen-bond acceptors (Lipinski definition) is 4. The number of carbonyl (C=O) groups is 2. The topological polar surface area (TPSA) is 76.5 Å². The van der Waals surface area contributed by atoms with Crippen LogP contribution in [0.4, 0.5) is 5.82 Å². The Labute approximate surface area is 190 Å². The third-order valence-corrected chi connectivity index (χ3v) is 5.32. The fourth-order valence-corrected chi connectivity index (χ4v) is 3.32. The lowest BCUT2D eigenvalue weighted by Gasteiger charge is -2.20. The first-order valence-corrected chi connectivity index (χ1v) is 10.9. The SMILES string of the molecule is CCN(CC)C(=O)c1cnn(-c2ccccc2)c1NC(=O)C(C)Oc1ccc(Br)cc1. The molecule has 0 spiro atoms. The van der Waals surface area contributed by atoms with E-state index in [0.717, 1.165) is 10.2 Å². The van der Waals surface area contributed by atoms with Gasteiger partial charge in [-0.2, -0.15) is 5.10 Å². The van der Waals surface area contributed by atoms with Crippen LogP contribution in [0.1, 0.15) is 31.1 Å². The van der Waals surface area contributed by atoms with Gasteiger partial charge in [0.2, 0.25) is 0 Å². The Bertz CT molecular complexity index is 1030. The van der Waals surface area contributed by atoms with Crippen molar-refractivity contribution >= 4 is 33.6 Å². The third kappa shape index (κ3) is 5.32. The molecule has 1 unspecified atom stereocenters. The number of anilines is 1. The summed E-state index contributed by atoms with van der Waals surface area (Å²) in [5.41, 5.74) is 1.06. The second kappa shape index (κ2) is 10.3. The van der Waals surface area contributed by atoms with Crippen LogP contribution in [0.5, 0.6) is 5.75 Å². The van der Waals surface area contributed by atoms with Crippen LogP contribution in [0.3, 0.4) is 0 Å². The molecule has 0 saturated heterocycles. The van der Waals surface area contributed by atoms with Gasteiger partial charge in [-0.1, -0.05) is 34.1 Å². The molecule has 1 atom stereocenters. The minimum Gasteiger partial charge on any atom is -0.481 e. The fraction of sp³-hybridized carbons (Fsp3) is 0.261. The molecule has 8 heteroatoms. The second-order valence-corrected chi connectivity index (χ2v) is 7.75. The molecule has 2 amide bonds. The number of hydrogen-bond donors (Lipinski definition) is 1. The highest BCUT2D eigenvalue weighted by atomic mass is 79.9. The van der Waals surface area contributed by atoms with Gasteiger partial charge in [-0.15, -0.1) is 0 Å². The Balaban J connectivity index is 1.89. The molecular weight excluding hydrogens is 460 g/mol. The fourth-order valence-electron chi connectivity index (χ4n) is 3.06. The molecule has 2 aromatic carbocycles. The maximum absolute atomic E-state index is 13.0. The van der Waals surface area contributed by atoms with Crippen LogP contribution in [0.15, 0.2) is 65.3 Å². The highest BCUT2D eigenvalue weighted by Gasteiger charge is 2.25. The smallest absolute Gasteiger partial charge is 0.266 e. The molecule has 1 heterocycles. The van der Waals surface area contributed by atoms with Crippen molar-refractivity contribution in [3.05, 3.63) is 70.8 Å². The molecule has 7 nitrogen and oxygen atoms in total. The van der Waals surface area contributed by atoms with Gasteiger partial charge in [0.1, 0.15) is 17.1 Å². The first-order chi connectivity index (χ1) is 14.9. The number of nitrogens with one attached hydrogen (secondary N) is 1.